The van der Waals surface area contributed by atoms with E-state index in [0.29, 0.717) is 0 Å². The molecule has 27 heteroatoms. The van der Waals surface area contributed by atoms with Crippen molar-refractivity contribution in [1.82, 2.24) is 0 Å². The summed E-state index contributed by atoms with van der Waals surface area (Å²) in [4.78, 5) is 0. The average molecular weight is 630 g/mol. The molecule has 0 saturated heterocycles. The quantitative estimate of drug-likeness (QED) is 0.263. The summed E-state index contributed by atoms with van der Waals surface area (Å²) in [5, 5.41) is 0. The van der Waals surface area contributed by atoms with Crippen LogP contribution in [0.15, 0.2) is 0 Å². The minimum Gasteiger partial charge on any atom is -0.329 e. The fourth-order valence-electron chi connectivity index (χ4n) is 0.443. The van der Waals surface area contributed by atoms with Crippen molar-refractivity contribution >= 4 is 40.1 Å². The van der Waals surface area contributed by atoms with Crippen LogP contribution in [0.1, 0.15) is 0 Å². The number of rotatable bonds is 4. The van der Waals surface area contributed by atoms with E-state index >= 15 is 0 Å². The summed E-state index contributed by atoms with van der Waals surface area (Å²) in [6, 6.07) is 0. The molecule has 10 nitrogen and oxygen atoms in total. The van der Waals surface area contributed by atoms with Gasteiger partial charge in [0.2, 0.25) is 0 Å². The van der Waals surface area contributed by atoms with Crippen molar-refractivity contribution in [3.63, 3.8) is 0 Å². The van der Waals surface area contributed by atoms with Crippen molar-refractivity contribution in [2.45, 2.75) is 22.0 Å². The third kappa shape index (κ3) is 9.89. The molecule has 0 aliphatic heterocycles. The first-order valence-electron chi connectivity index (χ1n) is 5.21. The molecule has 0 aromatic heterocycles. The van der Waals surface area contributed by atoms with Crippen LogP contribution in [0.4, 0.5) is 52.7 Å². The van der Waals surface area contributed by atoms with Crippen molar-refractivity contribution in [1.29, 1.82) is 0 Å². The summed E-state index contributed by atoms with van der Waals surface area (Å²) in [5.74, 6) is 0. The molecule has 0 amide bonds. The first-order valence-corrected chi connectivity index (χ1v) is 11.1. The molecule has 0 rings (SSSR count). The van der Waals surface area contributed by atoms with Gasteiger partial charge in [-0.15, -0.1) is 0 Å². The molecule has 186 valence electrons. The normalized spacial score (nSPS) is 21.0. The molecule has 0 spiro atoms. The van der Waals surface area contributed by atoms with E-state index in [1.807, 2.05) is 0 Å². The number of nitrogens with zero attached hydrogens (tertiary/aromatic N) is 2. The van der Waals surface area contributed by atoms with E-state index in [2.05, 4.69) is 0 Å². The van der Waals surface area contributed by atoms with E-state index in [4.69, 9.17) is 16.8 Å². The molecule has 0 fully saturated rings. The fraction of sp³-hybridized carbons (Fsp3) is 1.00. The van der Waals surface area contributed by atoms with Gasteiger partial charge in [0, 0.05) is 19.5 Å². The fourth-order valence-corrected chi connectivity index (χ4v) is 3.99. The summed E-state index contributed by atoms with van der Waals surface area (Å²) in [6.45, 7) is 0. The monoisotopic (exact) mass is 628 g/mol. The zero-order valence-electron chi connectivity index (χ0n) is 13.2. The van der Waals surface area contributed by atoms with E-state index in [9.17, 15) is 69.5 Å². The molecule has 4 N–H and O–H groups in total. The Balaban J connectivity index is -0.000000490. The van der Waals surface area contributed by atoms with Gasteiger partial charge in [0.05, 0.1) is 0 Å². The van der Waals surface area contributed by atoms with Gasteiger partial charge in [-0.25, -0.2) is 16.8 Å². The number of hydrogen-bond acceptors (Lipinski definition) is 4. The molecule has 31 heavy (non-hydrogen) atoms. The standard InChI is InChI=1S/2C2F6NO4S2.Zn/c2*3-1(4,5)14(10,11)9-15(12,13)2(6,7)8;/q2*-1;/p+4. The number of alkyl halides is 12. The van der Waals surface area contributed by atoms with Gasteiger partial charge in [-0.05, 0) is 0 Å². The zero-order chi connectivity index (χ0) is 25.4. The maximum absolute atomic E-state index is 11.5. The minimum absolute atomic E-state index is 0. The Hall–Kier alpha value is -0.497. The van der Waals surface area contributed by atoms with Crippen LogP contribution in [0.5, 0.6) is 0 Å². The molecule has 0 saturated carbocycles. The molecule has 0 aliphatic rings. The van der Waals surface area contributed by atoms with E-state index in [0.717, 1.165) is 8.25 Å². The predicted molar refractivity (Wildman–Crippen MR) is 71.3 cm³/mol. The van der Waals surface area contributed by atoms with E-state index in [1.54, 1.807) is 0 Å². The van der Waals surface area contributed by atoms with E-state index in [1.165, 1.54) is 0 Å². The molecule has 4 unspecified atom stereocenters. The van der Waals surface area contributed by atoms with Crippen LogP contribution in [0.2, 0.25) is 0 Å². The maximum Gasteiger partial charge on any atom is 0.526 e. The topological polar surface area (TPSA) is 182 Å². The van der Waals surface area contributed by atoms with Crippen molar-refractivity contribution < 1.29 is 106 Å². The van der Waals surface area contributed by atoms with Gasteiger partial charge in [-0.3, -0.25) is 0 Å². The molecular formula is C4H4F12N2O8S4Zn+2. The van der Waals surface area contributed by atoms with Crippen LogP contribution in [-0.2, 0) is 59.6 Å². The third-order valence-corrected chi connectivity index (χ3v) is 7.26. The SMILES string of the molecule is O=S(=[OH+])([N-]S(=O)(=[OH+])C(F)(F)F)C(F)(F)F.O=S(=[OH+])([N-]S(=O)(=[OH+])C(F)(F)F)C(F)(F)F.[Zn]. The van der Waals surface area contributed by atoms with Gasteiger partial charge in [0.25, 0.3) is 0 Å². The second kappa shape index (κ2) is 9.78. The van der Waals surface area contributed by atoms with Crippen molar-refractivity contribution in [2.75, 3.05) is 0 Å². The predicted octanol–water partition coefficient (Wildman–Crippen LogP) is 2.74. The van der Waals surface area contributed by atoms with Gasteiger partial charge >= 0.3 is 62.1 Å². The first kappa shape index (κ1) is 35.1. The van der Waals surface area contributed by atoms with E-state index in [-0.39, 0.29) is 19.5 Å². The van der Waals surface area contributed by atoms with Gasteiger partial charge in [0.1, 0.15) is 0 Å². The van der Waals surface area contributed by atoms with Crippen LogP contribution >= 0.6 is 0 Å². The second-order valence-corrected chi connectivity index (χ2v) is 10.9. The Bertz CT molecular complexity index is 862. The molecule has 4 atom stereocenters. The minimum atomic E-state index is -6.41. The first-order chi connectivity index (χ1) is 12.4. The molecule has 0 aliphatic carbocycles. The number of hydrogen-bond donors (Lipinski definition) is 0. The van der Waals surface area contributed by atoms with E-state index < -0.39 is 62.1 Å². The van der Waals surface area contributed by atoms with Gasteiger partial charge in [0.15, 0.2) is 0 Å². The van der Waals surface area contributed by atoms with Crippen LogP contribution in [0, 0.1) is 0 Å². The Kier molecular flexibility index (Phi) is 11.1. The molecule has 0 aromatic carbocycles. The second-order valence-electron chi connectivity index (χ2n) is 3.92. The Morgan fingerprint density at radius 2 is 0.516 bits per heavy atom. The van der Waals surface area contributed by atoms with Gasteiger partial charge in [-0.1, -0.05) is 0 Å². The van der Waals surface area contributed by atoms with Gasteiger partial charge < -0.3 is 8.25 Å². The summed E-state index contributed by atoms with van der Waals surface area (Å²) < 4.78 is 213. The summed E-state index contributed by atoms with van der Waals surface area (Å²) in [6.07, 6.45) is 0. The van der Waals surface area contributed by atoms with Crippen LogP contribution in [0.3, 0.4) is 0 Å². The third-order valence-electron chi connectivity index (χ3n) is 1.61. The van der Waals surface area contributed by atoms with Crippen LogP contribution < -0.4 is 0 Å². The maximum atomic E-state index is 11.5. The molecule has 0 heterocycles. The molecule has 0 aromatic rings. The smallest absolute Gasteiger partial charge is 0.329 e. The largest absolute Gasteiger partial charge is 0.526 e. The van der Waals surface area contributed by atoms with Crippen molar-refractivity contribution in [3.8, 4) is 0 Å². The number of halogens is 12. The molecular weight excluding hydrogens is 626 g/mol. The van der Waals surface area contributed by atoms with Crippen molar-refractivity contribution in [3.05, 3.63) is 8.25 Å². The Labute approximate surface area is 176 Å². The van der Waals surface area contributed by atoms with Crippen molar-refractivity contribution in [2.24, 2.45) is 0 Å². The molecule has 0 bridgehead atoms. The molecule has 0 radical (unpaired) electrons. The zero-order valence-corrected chi connectivity index (χ0v) is 19.4. The average Bonchev–Trinajstić information content (AvgIpc) is 2.30. The van der Waals surface area contributed by atoms with Crippen LogP contribution in [0.25, 0.3) is 8.25 Å². The summed E-state index contributed by atoms with van der Waals surface area (Å²) >= 11 is 0. The summed E-state index contributed by atoms with van der Waals surface area (Å²) in [7, 11) is -25.6. The van der Waals surface area contributed by atoms with Crippen LogP contribution in [-0.4, -0.2) is 55.7 Å². The summed E-state index contributed by atoms with van der Waals surface area (Å²) in [5.41, 5.74) is -24.2. The Morgan fingerprint density at radius 1 is 0.419 bits per heavy atom. The van der Waals surface area contributed by atoms with Gasteiger partial charge in [-0.2, -0.15) is 69.5 Å². The Morgan fingerprint density at radius 3 is 0.581 bits per heavy atom.